The number of nitrogens with one attached hydrogen (secondary N) is 2. The number of likely N-dealkylation sites (N-methyl/N-ethyl adjacent to an activating group) is 2. The number of fused-ring (bicyclic) bond motifs is 1. The third-order valence-electron chi connectivity index (χ3n) is 7.20. The number of nitrogens with zero attached hydrogens (tertiary/aromatic N) is 5. The molecule has 0 saturated heterocycles. The number of urea groups is 1. The normalized spacial score (nSPS) is 12.0. The zero-order valence-corrected chi connectivity index (χ0v) is 27.4. The number of carboxylic acid groups (broad SMARTS) is 1. The van der Waals surface area contributed by atoms with Gasteiger partial charge in [0, 0.05) is 47.1 Å². The van der Waals surface area contributed by atoms with E-state index in [9.17, 15) is 33.5 Å². The molecule has 0 aliphatic heterocycles. The van der Waals surface area contributed by atoms with E-state index in [4.69, 9.17) is 4.74 Å². The molecule has 0 aliphatic carbocycles. The standard InChI is InChI=1S/C32H42FN7O7/c1-20(2)16-21-17-22(33)18-25-28(21)36-26(40(25)32(45)46)19-39-13-9-11-24(30(39)43)34-29(42)23(10-7-8-12-27(41)37(3)4)35-31(44)38(5)14-15-47-6/h8-9,11-13,17-18,20,23H,7,10,14-16,19H2,1-6H3,(H,34,42)(H,35,44)(H,45,46)/b12-8+/t23-/m0/s1. The first-order valence-corrected chi connectivity index (χ1v) is 15.0. The fourth-order valence-electron chi connectivity index (χ4n) is 4.76. The quantitative estimate of drug-likeness (QED) is 0.223. The second-order valence-electron chi connectivity index (χ2n) is 11.6. The maximum atomic E-state index is 14.5. The summed E-state index contributed by atoms with van der Waals surface area (Å²) >= 11 is 0. The van der Waals surface area contributed by atoms with E-state index in [1.165, 1.54) is 51.9 Å². The van der Waals surface area contributed by atoms with Crippen molar-refractivity contribution in [1.82, 2.24) is 29.2 Å². The number of allylic oxidation sites excluding steroid dienone is 1. The van der Waals surface area contributed by atoms with E-state index in [0.29, 0.717) is 17.5 Å². The Morgan fingerprint density at radius 1 is 1.17 bits per heavy atom. The molecule has 0 radical (unpaired) electrons. The van der Waals surface area contributed by atoms with Gasteiger partial charge in [0.2, 0.25) is 11.8 Å². The Bertz CT molecular complexity index is 1700. The first-order valence-electron chi connectivity index (χ1n) is 15.0. The number of imidazole rings is 1. The van der Waals surface area contributed by atoms with Crippen LogP contribution in [-0.2, 0) is 27.3 Å². The number of methoxy groups -OCH3 is 1. The number of carbonyl (C=O) groups is 4. The van der Waals surface area contributed by atoms with Crippen LogP contribution in [0.5, 0.6) is 0 Å². The maximum absolute atomic E-state index is 14.5. The molecule has 2 aromatic heterocycles. The van der Waals surface area contributed by atoms with E-state index in [0.717, 1.165) is 10.6 Å². The minimum absolute atomic E-state index is 0.0167. The lowest BCUT2D eigenvalue weighted by atomic mass is 10.0. The highest BCUT2D eigenvalue weighted by molar-refractivity contribution is 5.97. The van der Waals surface area contributed by atoms with Gasteiger partial charge in [-0.15, -0.1) is 0 Å². The Kier molecular flexibility index (Phi) is 12.8. The van der Waals surface area contributed by atoms with Crippen LogP contribution in [0.15, 0.2) is 47.4 Å². The number of rotatable bonds is 14. The van der Waals surface area contributed by atoms with Crippen LogP contribution >= 0.6 is 0 Å². The van der Waals surface area contributed by atoms with Crippen molar-refractivity contribution in [1.29, 1.82) is 0 Å². The molecule has 3 N–H and O–H groups in total. The maximum Gasteiger partial charge on any atom is 0.417 e. The number of pyridine rings is 1. The molecule has 3 aromatic rings. The molecule has 1 aromatic carbocycles. The zero-order valence-electron chi connectivity index (χ0n) is 27.4. The smallest absolute Gasteiger partial charge is 0.417 e. The van der Waals surface area contributed by atoms with E-state index in [1.54, 1.807) is 27.2 Å². The van der Waals surface area contributed by atoms with E-state index >= 15 is 0 Å². The minimum atomic E-state index is -1.39. The molecule has 15 heteroatoms. The van der Waals surface area contributed by atoms with Crippen molar-refractivity contribution < 1.29 is 33.4 Å². The third-order valence-corrected chi connectivity index (χ3v) is 7.20. The van der Waals surface area contributed by atoms with Crippen LogP contribution in [0.4, 0.5) is 19.7 Å². The van der Waals surface area contributed by atoms with Crippen molar-refractivity contribution in [2.45, 2.75) is 45.7 Å². The molecule has 0 bridgehead atoms. The molecule has 1 atom stereocenters. The van der Waals surface area contributed by atoms with E-state index < -0.39 is 35.4 Å². The summed E-state index contributed by atoms with van der Waals surface area (Å²) in [7, 11) is 6.25. The molecule has 47 heavy (non-hydrogen) atoms. The number of amides is 4. The predicted molar refractivity (Wildman–Crippen MR) is 174 cm³/mol. The molecule has 0 saturated carbocycles. The van der Waals surface area contributed by atoms with Crippen LogP contribution < -0.4 is 16.2 Å². The first kappa shape index (κ1) is 36.4. The minimum Gasteiger partial charge on any atom is -0.464 e. The lowest BCUT2D eigenvalue weighted by Gasteiger charge is -2.23. The van der Waals surface area contributed by atoms with Crippen LogP contribution in [0.2, 0.25) is 0 Å². The molecule has 254 valence electrons. The van der Waals surface area contributed by atoms with E-state index in [2.05, 4.69) is 15.6 Å². The van der Waals surface area contributed by atoms with Gasteiger partial charge in [-0.3, -0.25) is 14.4 Å². The second kappa shape index (κ2) is 16.5. The Morgan fingerprint density at radius 2 is 1.89 bits per heavy atom. The van der Waals surface area contributed by atoms with Crippen molar-refractivity contribution >= 4 is 40.7 Å². The number of ether oxygens (including phenoxy) is 1. The SMILES string of the molecule is COCCN(C)C(=O)N[C@@H](CC/C=C/C(=O)N(C)C)C(=O)Nc1cccn(Cc2nc3c(CC(C)C)cc(F)cc3n2C(=O)O)c1=O. The van der Waals surface area contributed by atoms with Crippen LogP contribution in [-0.4, -0.2) is 100 Å². The van der Waals surface area contributed by atoms with Gasteiger partial charge in [-0.25, -0.2) is 23.5 Å². The number of carbonyl (C=O) groups excluding carboxylic acids is 3. The summed E-state index contributed by atoms with van der Waals surface area (Å²) in [4.78, 5) is 71.1. The average molecular weight is 656 g/mol. The van der Waals surface area contributed by atoms with Gasteiger partial charge in [0.05, 0.1) is 24.2 Å². The molecule has 3 rings (SSSR count). The number of halogens is 1. The van der Waals surface area contributed by atoms with Gasteiger partial charge in [0.15, 0.2) is 0 Å². The van der Waals surface area contributed by atoms with Gasteiger partial charge in [-0.05, 0) is 55.0 Å². The molecular weight excluding hydrogens is 613 g/mol. The van der Waals surface area contributed by atoms with Crippen molar-refractivity contribution in [3.05, 3.63) is 70.2 Å². The van der Waals surface area contributed by atoms with Crippen LogP contribution in [0.1, 0.15) is 38.1 Å². The first-order chi connectivity index (χ1) is 22.2. The summed E-state index contributed by atoms with van der Waals surface area (Å²) in [5.74, 6) is -1.38. The summed E-state index contributed by atoms with van der Waals surface area (Å²) in [5, 5.41) is 15.2. The lowest BCUT2D eigenvalue weighted by Crippen LogP contribution is -2.49. The Hall–Kier alpha value is -5.05. The highest BCUT2D eigenvalue weighted by Gasteiger charge is 2.24. The number of benzene rings is 1. The van der Waals surface area contributed by atoms with Crippen molar-refractivity contribution in [3.63, 3.8) is 0 Å². The van der Waals surface area contributed by atoms with Crippen molar-refractivity contribution in [2.24, 2.45) is 5.92 Å². The van der Waals surface area contributed by atoms with Crippen LogP contribution in [0.3, 0.4) is 0 Å². The monoisotopic (exact) mass is 655 g/mol. The summed E-state index contributed by atoms with van der Waals surface area (Å²) in [6.07, 6.45) is 3.82. The van der Waals surface area contributed by atoms with Gasteiger partial charge < -0.3 is 34.8 Å². The summed E-state index contributed by atoms with van der Waals surface area (Å²) in [5.41, 5.74) is 0.164. The van der Waals surface area contributed by atoms with E-state index in [1.807, 2.05) is 13.8 Å². The van der Waals surface area contributed by atoms with Gasteiger partial charge in [-0.2, -0.15) is 0 Å². The van der Waals surface area contributed by atoms with Gasteiger partial charge >= 0.3 is 12.1 Å². The predicted octanol–water partition coefficient (Wildman–Crippen LogP) is 3.13. The molecule has 0 spiro atoms. The fraction of sp³-hybridized carbons (Fsp3) is 0.438. The van der Waals surface area contributed by atoms with Gasteiger partial charge in [0.1, 0.15) is 23.4 Å². The van der Waals surface area contributed by atoms with Crippen LogP contribution in [0, 0.1) is 11.7 Å². The molecule has 14 nitrogen and oxygen atoms in total. The highest BCUT2D eigenvalue weighted by atomic mass is 19.1. The molecule has 0 unspecified atom stereocenters. The zero-order chi connectivity index (χ0) is 34.8. The van der Waals surface area contributed by atoms with Crippen molar-refractivity contribution in [3.8, 4) is 0 Å². The second-order valence-corrected chi connectivity index (χ2v) is 11.6. The van der Waals surface area contributed by atoms with Gasteiger partial charge in [-0.1, -0.05) is 19.9 Å². The largest absolute Gasteiger partial charge is 0.464 e. The topological polar surface area (TPSA) is 168 Å². The molecule has 2 heterocycles. The van der Waals surface area contributed by atoms with Gasteiger partial charge in [0.25, 0.3) is 5.56 Å². The number of hydrogen-bond acceptors (Lipinski definition) is 7. The molecule has 0 aliphatic rings. The Labute approximate surface area is 271 Å². The third kappa shape index (κ3) is 9.72. The number of hydrogen-bond donors (Lipinski definition) is 3. The molecule has 0 fully saturated rings. The fourth-order valence-corrected chi connectivity index (χ4v) is 4.76. The lowest BCUT2D eigenvalue weighted by molar-refractivity contribution is -0.123. The van der Waals surface area contributed by atoms with Crippen LogP contribution in [0.25, 0.3) is 11.0 Å². The molecule has 4 amide bonds. The van der Waals surface area contributed by atoms with Crippen molar-refractivity contribution in [2.75, 3.05) is 46.7 Å². The Morgan fingerprint density at radius 3 is 2.53 bits per heavy atom. The summed E-state index contributed by atoms with van der Waals surface area (Å²) < 4.78 is 21.5. The van der Waals surface area contributed by atoms with E-state index in [-0.39, 0.29) is 61.4 Å². The number of anilines is 1. The molecular formula is C32H42FN7O7. The highest BCUT2D eigenvalue weighted by Crippen LogP contribution is 2.25. The summed E-state index contributed by atoms with van der Waals surface area (Å²) in [6, 6.07) is 3.68. The Balaban J connectivity index is 1.90. The average Bonchev–Trinajstić information content (AvgIpc) is 3.36. The summed E-state index contributed by atoms with van der Waals surface area (Å²) in [6.45, 7) is 4.15. The number of aromatic nitrogens is 3.